The molecule has 0 radical (unpaired) electrons. The van der Waals surface area contributed by atoms with Crippen LogP contribution in [0.15, 0.2) is 29.2 Å². The van der Waals surface area contributed by atoms with E-state index in [9.17, 15) is 0 Å². The van der Waals surface area contributed by atoms with Crippen molar-refractivity contribution in [1.29, 1.82) is 0 Å². The van der Waals surface area contributed by atoms with Gasteiger partial charge in [0.15, 0.2) is 6.29 Å². The van der Waals surface area contributed by atoms with Crippen LogP contribution in [0.4, 0.5) is 0 Å². The van der Waals surface area contributed by atoms with Crippen molar-refractivity contribution in [3.63, 3.8) is 0 Å². The number of ether oxygens (including phenoxy) is 2. The van der Waals surface area contributed by atoms with Gasteiger partial charge in [0.2, 0.25) is 0 Å². The van der Waals surface area contributed by atoms with Gasteiger partial charge in [-0.1, -0.05) is 12.1 Å². The molecular weight excluding hydrogens is 248 g/mol. The van der Waals surface area contributed by atoms with Gasteiger partial charge in [0, 0.05) is 30.3 Å². The van der Waals surface area contributed by atoms with Gasteiger partial charge in [0.05, 0.1) is 6.61 Å². The summed E-state index contributed by atoms with van der Waals surface area (Å²) >= 11 is 1.78. The van der Waals surface area contributed by atoms with Crippen LogP contribution in [0.5, 0.6) is 0 Å². The second-order valence-corrected chi connectivity index (χ2v) is 4.95. The predicted octanol–water partition coefficient (Wildman–Crippen LogP) is 3.06. The molecule has 0 unspecified atom stereocenters. The first-order valence-corrected chi connectivity index (χ1v) is 7.34. The molecule has 0 heterocycles. The van der Waals surface area contributed by atoms with Gasteiger partial charge in [-0.2, -0.15) is 0 Å². The van der Waals surface area contributed by atoms with Crippen LogP contribution in [0.25, 0.3) is 0 Å². The fraction of sp³-hybridized carbons (Fsp3) is 0.571. The third-order valence-electron chi connectivity index (χ3n) is 2.43. The van der Waals surface area contributed by atoms with Crippen LogP contribution in [-0.2, 0) is 16.1 Å². The van der Waals surface area contributed by atoms with E-state index in [0.717, 1.165) is 17.7 Å². The van der Waals surface area contributed by atoms with Crippen LogP contribution in [0, 0.1) is 0 Å². The average Bonchev–Trinajstić information content (AvgIpc) is 2.40. The van der Waals surface area contributed by atoms with Crippen molar-refractivity contribution in [2.75, 3.05) is 19.0 Å². The van der Waals surface area contributed by atoms with Gasteiger partial charge >= 0.3 is 0 Å². The maximum Gasteiger partial charge on any atom is 0.158 e. The Labute approximate surface area is 113 Å². The first kappa shape index (κ1) is 15.5. The molecule has 0 atom stereocenters. The van der Waals surface area contributed by atoms with Crippen molar-refractivity contribution in [3.8, 4) is 0 Å². The van der Waals surface area contributed by atoms with Crippen molar-refractivity contribution in [1.82, 2.24) is 0 Å². The molecule has 0 aliphatic rings. The van der Waals surface area contributed by atoms with Crippen LogP contribution in [0.1, 0.15) is 25.8 Å². The molecule has 0 aliphatic heterocycles. The lowest BCUT2D eigenvalue weighted by Crippen LogP contribution is -2.18. The lowest BCUT2D eigenvalue weighted by Gasteiger charge is -2.16. The molecule has 102 valence electrons. The zero-order chi connectivity index (χ0) is 13.2. The summed E-state index contributed by atoms with van der Waals surface area (Å²) in [6.45, 7) is 5.42. The number of thioether (sulfide) groups is 1. The minimum Gasteiger partial charge on any atom is -0.392 e. The molecule has 0 aliphatic carbocycles. The Kier molecular flexibility index (Phi) is 8.09. The second-order valence-electron chi connectivity index (χ2n) is 3.78. The van der Waals surface area contributed by atoms with E-state index in [4.69, 9.17) is 14.6 Å². The van der Waals surface area contributed by atoms with Gasteiger partial charge in [-0.3, -0.25) is 0 Å². The Morgan fingerprint density at radius 1 is 1.11 bits per heavy atom. The van der Waals surface area contributed by atoms with E-state index < -0.39 is 0 Å². The fourth-order valence-corrected chi connectivity index (χ4v) is 2.43. The van der Waals surface area contributed by atoms with Gasteiger partial charge in [0.25, 0.3) is 0 Å². The predicted molar refractivity (Wildman–Crippen MR) is 74.7 cm³/mol. The van der Waals surface area contributed by atoms with Gasteiger partial charge in [0.1, 0.15) is 0 Å². The number of rotatable bonds is 9. The molecule has 1 rings (SSSR count). The Morgan fingerprint density at radius 2 is 1.72 bits per heavy atom. The molecule has 0 bridgehead atoms. The molecule has 1 N–H and O–H groups in total. The van der Waals surface area contributed by atoms with E-state index in [1.807, 2.05) is 38.1 Å². The summed E-state index contributed by atoms with van der Waals surface area (Å²) in [5, 5.41) is 8.96. The zero-order valence-corrected chi connectivity index (χ0v) is 11.9. The fourth-order valence-electron chi connectivity index (χ4n) is 1.55. The number of hydrogen-bond donors (Lipinski definition) is 1. The van der Waals surface area contributed by atoms with Crippen molar-refractivity contribution >= 4 is 11.8 Å². The van der Waals surface area contributed by atoms with Crippen LogP contribution in [0.2, 0.25) is 0 Å². The van der Waals surface area contributed by atoms with E-state index in [1.165, 1.54) is 4.90 Å². The van der Waals surface area contributed by atoms with E-state index in [-0.39, 0.29) is 12.9 Å². The molecule has 1 aromatic carbocycles. The van der Waals surface area contributed by atoms with Crippen molar-refractivity contribution in [2.24, 2.45) is 0 Å². The topological polar surface area (TPSA) is 38.7 Å². The molecule has 0 spiro atoms. The van der Waals surface area contributed by atoms with Crippen LogP contribution in [0.3, 0.4) is 0 Å². The highest BCUT2D eigenvalue weighted by molar-refractivity contribution is 7.99. The highest BCUT2D eigenvalue weighted by atomic mass is 32.2. The first-order chi connectivity index (χ1) is 8.80. The summed E-state index contributed by atoms with van der Waals surface area (Å²) in [5.74, 6) is 0.961. The Morgan fingerprint density at radius 3 is 2.22 bits per heavy atom. The van der Waals surface area contributed by atoms with Crippen LogP contribution >= 0.6 is 11.8 Å². The molecule has 0 aromatic heterocycles. The monoisotopic (exact) mass is 270 g/mol. The summed E-state index contributed by atoms with van der Waals surface area (Å²) in [6.07, 6.45) is 0.790. The summed E-state index contributed by atoms with van der Waals surface area (Å²) in [6, 6.07) is 7.97. The van der Waals surface area contributed by atoms with Crippen molar-refractivity contribution in [3.05, 3.63) is 29.8 Å². The largest absolute Gasteiger partial charge is 0.392 e. The van der Waals surface area contributed by atoms with E-state index >= 15 is 0 Å². The van der Waals surface area contributed by atoms with Gasteiger partial charge < -0.3 is 14.6 Å². The molecular formula is C14H22O3S. The summed E-state index contributed by atoms with van der Waals surface area (Å²) in [7, 11) is 0. The molecule has 1 aromatic rings. The quantitative estimate of drug-likeness (QED) is 0.553. The third kappa shape index (κ3) is 5.87. The molecule has 0 saturated carbocycles. The minimum absolute atomic E-state index is 0.0933. The zero-order valence-electron chi connectivity index (χ0n) is 11.1. The highest BCUT2D eigenvalue weighted by Gasteiger charge is 2.07. The number of aliphatic hydroxyl groups is 1. The minimum atomic E-state index is -0.0933. The highest BCUT2D eigenvalue weighted by Crippen LogP contribution is 2.20. The van der Waals surface area contributed by atoms with Gasteiger partial charge in [-0.05, 0) is 31.5 Å². The SMILES string of the molecule is CCOC(CCSc1ccc(CO)cc1)OCC. The van der Waals surface area contributed by atoms with Crippen molar-refractivity contribution in [2.45, 2.75) is 38.1 Å². The maximum absolute atomic E-state index is 8.96. The molecule has 0 saturated heterocycles. The number of aliphatic hydroxyl groups excluding tert-OH is 1. The third-order valence-corrected chi connectivity index (χ3v) is 3.48. The molecule has 0 amide bonds. The van der Waals surface area contributed by atoms with Crippen LogP contribution in [-0.4, -0.2) is 30.4 Å². The summed E-state index contributed by atoms with van der Waals surface area (Å²) in [4.78, 5) is 1.21. The Bertz CT molecular complexity index is 307. The molecule has 3 nitrogen and oxygen atoms in total. The molecule has 0 fully saturated rings. The van der Waals surface area contributed by atoms with Gasteiger partial charge in [-0.15, -0.1) is 11.8 Å². The molecule has 18 heavy (non-hydrogen) atoms. The van der Waals surface area contributed by atoms with Crippen LogP contribution < -0.4 is 0 Å². The molecule has 4 heteroatoms. The average molecular weight is 270 g/mol. The lowest BCUT2D eigenvalue weighted by molar-refractivity contribution is -0.136. The van der Waals surface area contributed by atoms with Gasteiger partial charge in [-0.25, -0.2) is 0 Å². The number of hydrogen-bond acceptors (Lipinski definition) is 4. The Balaban J connectivity index is 2.30. The Hall–Kier alpha value is -0.550. The first-order valence-electron chi connectivity index (χ1n) is 6.36. The van der Waals surface area contributed by atoms with Crippen molar-refractivity contribution < 1.29 is 14.6 Å². The maximum atomic E-state index is 8.96. The van der Waals surface area contributed by atoms with E-state index in [0.29, 0.717) is 13.2 Å². The van der Waals surface area contributed by atoms with E-state index in [2.05, 4.69) is 0 Å². The summed E-state index contributed by atoms with van der Waals surface area (Å²) in [5.41, 5.74) is 0.945. The summed E-state index contributed by atoms with van der Waals surface area (Å²) < 4.78 is 11.0. The second kappa shape index (κ2) is 9.39. The normalized spacial score (nSPS) is 11.1. The smallest absolute Gasteiger partial charge is 0.158 e. The lowest BCUT2D eigenvalue weighted by atomic mass is 10.2. The van der Waals surface area contributed by atoms with E-state index in [1.54, 1.807) is 11.8 Å². The standard InChI is InChI=1S/C14H22O3S/c1-3-16-14(17-4-2)9-10-18-13-7-5-12(11-15)6-8-13/h5-8,14-15H,3-4,9-11H2,1-2H3. The number of benzene rings is 1.